The van der Waals surface area contributed by atoms with E-state index in [4.69, 9.17) is 4.42 Å². The van der Waals surface area contributed by atoms with Gasteiger partial charge in [0.2, 0.25) is 0 Å². The fraction of sp³-hybridized carbons (Fsp3) is 0.286. The zero-order valence-corrected chi connectivity index (χ0v) is 16.9. The Hall–Kier alpha value is -3.75. The lowest BCUT2D eigenvalue weighted by Crippen LogP contribution is -2.30. The number of hydrogen-bond donors (Lipinski definition) is 0. The number of carbonyl (C=O) groups is 1. The molecule has 0 saturated carbocycles. The van der Waals surface area contributed by atoms with E-state index in [1.807, 2.05) is 37.3 Å². The summed E-state index contributed by atoms with van der Waals surface area (Å²) in [4.78, 5) is 23.9. The van der Waals surface area contributed by atoms with Crippen LogP contribution in [-0.4, -0.2) is 31.3 Å². The van der Waals surface area contributed by atoms with Crippen LogP contribution in [0.5, 0.6) is 0 Å². The summed E-state index contributed by atoms with van der Waals surface area (Å²) < 4.78 is 6.91. The minimum atomic E-state index is -0.478. The van der Waals surface area contributed by atoms with Gasteiger partial charge < -0.3 is 4.42 Å². The molecule has 0 saturated heterocycles. The van der Waals surface area contributed by atoms with Gasteiger partial charge in [-0.15, -0.1) is 0 Å². The highest BCUT2D eigenvalue weighted by molar-refractivity contribution is 6.03. The number of furan rings is 1. The summed E-state index contributed by atoms with van der Waals surface area (Å²) in [5.74, 6) is 0.313. The van der Waals surface area contributed by atoms with Crippen molar-refractivity contribution >= 4 is 17.3 Å². The number of rotatable bonds is 5. The van der Waals surface area contributed by atoms with Gasteiger partial charge in [0.05, 0.1) is 16.9 Å². The summed E-state index contributed by atoms with van der Waals surface area (Å²) in [5, 5.41) is 21.4. The summed E-state index contributed by atoms with van der Waals surface area (Å²) in [5.41, 5.74) is 3.40. The maximum absolute atomic E-state index is 13.1. The van der Waals surface area contributed by atoms with Gasteiger partial charge >= 0.3 is 5.69 Å². The molecule has 1 atom stereocenters. The van der Waals surface area contributed by atoms with E-state index in [1.54, 1.807) is 26.2 Å². The summed E-state index contributed by atoms with van der Waals surface area (Å²) in [6.45, 7) is 5.00. The first-order valence-corrected chi connectivity index (χ1v) is 9.53. The molecule has 1 aliphatic heterocycles. The first-order chi connectivity index (χ1) is 14.3. The normalized spacial score (nSPS) is 16.0. The van der Waals surface area contributed by atoms with E-state index < -0.39 is 4.92 Å². The van der Waals surface area contributed by atoms with Gasteiger partial charge in [-0.1, -0.05) is 29.8 Å². The number of aromatic nitrogens is 2. The highest BCUT2D eigenvalue weighted by atomic mass is 16.6. The molecule has 1 amide bonds. The minimum Gasteiger partial charge on any atom is -0.467 e. The van der Waals surface area contributed by atoms with Gasteiger partial charge in [0.1, 0.15) is 29.7 Å². The third-order valence-electron chi connectivity index (χ3n) is 5.23. The first-order valence-electron chi connectivity index (χ1n) is 9.53. The lowest BCUT2D eigenvalue weighted by molar-refractivity contribution is -0.386. The third kappa shape index (κ3) is 3.49. The fourth-order valence-corrected chi connectivity index (χ4v) is 3.67. The molecule has 9 nitrogen and oxygen atoms in total. The molecule has 0 bridgehead atoms. The Kier molecular flexibility index (Phi) is 4.94. The summed E-state index contributed by atoms with van der Waals surface area (Å²) in [6, 6.07) is 11.2. The predicted octanol–water partition coefficient (Wildman–Crippen LogP) is 3.69. The average molecular weight is 407 g/mol. The molecule has 0 spiro atoms. The van der Waals surface area contributed by atoms with E-state index in [-0.39, 0.29) is 29.9 Å². The van der Waals surface area contributed by atoms with Crippen LogP contribution >= 0.6 is 0 Å². The third-order valence-corrected chi connectivity index (χ3v) is 5.23. The largest absolute Gasteiger partial charge is 0.467 e. The zero-order chi connectivity index (χ0) is 21.4. The summed E-state index contributed by atoms with van der Waals surface area (Å²) in [7, 11) is 0. The Balaban J connectivity index is 1.65. The lowest BCUT2D eigenvalue weighted by atomic mass is 10.0. The van der Waals surface area contributed by atoms with Crippen LogP contribution in [0, 0.1) is 30.9 Å². The smallest absolute Gasteiger partial charge is 0.312 e. The molecule has 0 aliphatic carbocycles. The minimum absolute atomic E-state index is 0.0735. The number of aryl methyl sites for hydroxylation is 2. The van der Waals surface area contributed by atoms with Crippen LogP contribution in [0.3, 0.4) is 0 Å². The van der Waals surface area contributed by atoms with Crippen molar-refractivity contribution in [3.8, 4) is 0 Å². The van der Waals surface area contributed by atoms with Gasteiger partial charge in [-0.3, -0.25) is 19.6 Å². The molecule has 9 heteroatoms. The summed E-state index contributed by atoms with van der Waals surface area (Å²) in [6.07, 6.45) is 2.08. The number of carbonyl (C=O) groups excluding carboxylic acids is 1. The predicted molar refractivity (Wildman–Crippen MR) is 109 cm³/mol. The molecule has 4 rings (SSSR count). The van der Waals surface area contributed by atoms with Crippen LogP contribution in [0.15, 0.2) is 52.2 Å². The Bertz CT molecular complexity index is 1130. The van der Waals surface area contributed by atoms with E-state index in [2.05, 4.69) is 10.2 Å². The van der Waals surface area contributed by atoms with Gasteiger partial charge in [-0.05, 0) is 38.5 Å². The van der Waals surface area contributed by atoms with Crippen molar-refractivity contribution in [2.45, 2.75) is 39.8 Å². The standard InChI is InChI=1S/C21H21N5O4/c1-13-6-8-16(9-7-13)17-11-18(19-5-4-10-30-19)25(23-17)20(27)12-24-15(3)21(26(28)29)14(2)22-24/h4-10,18H,11-12H2,1-3H3/t18-/m1/s1. The molecule has 0 radical (unpaired) electrons. The fourth-order valence-electron chi connectivity index (χ4n) is 3.67. The number of amides is 1. The van der Waals surface area contributed by atoms with Crippen LogP contribution in [0.2, 0.25) is 0 Å². The number of hydrazone groups is 1. The van der Waals surface area contributed by atoms with Crippen molar-refractivity contribution in [2.75, 3.05) is 0 Å². The molecule has 1 aliphatic rings. The van der Waals surface area contributed by atoms with E-state index in [9.17, 15) is 14.9 Å². The van der Waals surface area contributed by atoms with Crippen LogP contribution < -0.4 is 0 Å². The van der Waals surface area contributed by atoms with Crippen LogP contribution in [0.25, 0.3) is 0 Å². The quantitative estimate of drug-likeness (QED) is 0.474. The van der Waals surface area contributed by atoms with Crippen molar-refractivity contribution in [1.82, 2.24) is 14.8 Å². The lowest BCUT2D eigenvalue weighted by Gasteiger charge is -2.20. The Morgan fingerprint density at radius 1 is 1.23 bits per heavy atom. The maximum Gasteiger partial charge on any atom is 0.312 e. The van der Waals surface area contributed by atoms with Gasteiger partial charge in [-0.25, -0.2) is 5.01 Å². The van der Waals surface area contributed by atoms with E-state index in [0.29, 0.717) is 17.9 Å². The monoisotopic (exact) mass is 407 g/mol. The number of nitro groups is 1. The summed E-state index contributed by atoms with van der Waals surface area (Å²) >= 11 is 0. The van der Waals surface area contributed by atoms with Gasteiger partial charge in [-0.2, -0.15) is 10.2 Å². The Morgan fingerprint density at radius 3 is 2.57 bits per heavy atom. The number of hydrogen-bond acceptors (Lipinski definition) is 6. The Labute approximate surface area is 172 Å². The second-order valence-corrected chi connectivity index (χ2v) is 7.32. The molecule has 154 valence electrons. The molecular weight excluding hydrogens is 386 g/mol. The van der Waals surface area contributed by atoms with E-state index >= 15 is 0 Å². The van der Waals surface area contributed by atoms with Crippen molar-refractivity contribution in [3.05, 3.63) is 81.1 Å². The molecule has 0 unspecified atom stereocenters. The molecule has 0 fully saturated rings. The zero-order valence-electron chi connectivity index (χ0n) is 16.9. The Morgan fingerprint density at radius 2 is 1.97 bits per heavy atom. The van der Waals surface area contributed by atoms with E-state index in [0.717, 1.165) is 16.8 Å². The second-order valence-electron chi connectivity index (χ2n) is 7.32. The van der Waals surface area contributed by atoms with Gasteiger partial charge in [0.15, 0.2) is 0 Å². The second kappa shape index (κ2) is 7.58. The molecular formula is C21H21N5O4. The van der Waals surface area contributed by atoms with Crippen molar-refractivity contribution in [1.29, 1.82) is 0 Å². The van der Waals surface area contributed by atoms with Crippen molar-refractivity contribution < 1.29 is 14.1 Å². The van der Waals surface area contributed by atoms with Crippen LogP contribution in [-0.2, 0) is 11.3 Å². The molecule has 0 N–H and O–H groups in total. The molecule has 3 heterocycles. The molecule has 3 aromatic rings. The van der Waals surface area contributed by atoms with E-state index in [1.165, 1.54) is 9.69 Å². The SMILES string of the molecule is Cc1ccc(C2=NN(C(=O)Cn3nc(C)c([N+](=O)[O-])c3C)[C@@H](c3ccco3)C2)cc1. The van der Waals surface area contributed by atoms with Crippen LogP contribution in [0.4, 0.5) is 5.69 Å². The molecule has 1 aromatic carbocycles. The average Bonchev–Trinajstić information content (AvgIpc) is 3.42. The highest BCUT2D eigenvalue weighted by Crippen LogP contribution is 2.33. The topological polar surface area (TPSA) is 107 Å². The van der Waals surface area contributed by atoms with Crippen molar-refractivity contribution in [3.63, 3.8) is 0 Å². The first kappa shape index (κ1) is 19.6. The number of nitrogens with zero attached hydrogens (tertiary/aromatic N) is 5. The number of benzene rings is 1. The van der Waals surface area contributed by atoms with Crippen LogP contribution in [0.1, 0.15) is 40.7 Å². The van der Waals surface area contributed by atoms with Gasteiger partial charge in [0, 0.05) is 6.42 Å². The maximum atomic E-state index is 13.1. The molecule has 30 heavy (non-hydrogen) atoms. The van der Waals surface area contributed by atoms with Gasteiger partial charge in [0.25, 0.3) is 5.91 Å². The highest BCUT2D eigenvalue weighted by Gasteiger charge is 2.35. The van der Waals surface area contributed by atoms with Crippen molar-refractivity contribution in [2.24, 2.45) is 5.10 Å². The molecule has 2 aromatic heterocycles.